The number of likely N-dealkylation sites (tertiary alicyclic amines) is 1. The number of nitrogens with one attached hydrogen (secondary N) is 3. The first-order valence-electron chi connectivity index (χ1n) is 12.8. The molecule has 1 fully saturated rings. The number of carbonyl (C=O) groups excluding carboxylic acids is 1. The predicted molar refractivity (Wildman–Crippen MR) is 150 cm³/mol. The molecule has 4 N–H and O–H groups in total. The number of piperidine rings is 1. The van der Waals surface area contributed by atoms with Gasteiger partial charge >= 0.3 is 0 Å². The minimum absolute atomic E-state index is 0.0393. The van der Waals surface area contributed by atoms with Crippen LogP contribution >= 0.6 is 11.6 Å². The van der Waals surface area contributed by atoms with Gasteiger partial charge in [-0.15, -0.1) is 0 Å². The number of halogens is 1. The molecular formula is C28H31ClN6O4. The second-order valence-electron chi connectivity index (χ2n) is 9.45. The first-order chi connectivity index (χ1) is 18.9. The molecule has 5 rings (SSSR count). The first-order valence-corrected chi connectivity index (χ1v) is 13.1. The summed E-state index contributed by atoms with van der Waals surface area (Å²) in [5, 5.41) is 16.5. The number of anilines is 1. The van der Waals surface area contributed by atoms with E-state index in [4.69, 9.17) is 21.1 Å². The molecule has 0 atom stereocenters. The van der Waals surface area contributed by atoms with E-state index in [2.05, 4.69) is 30.5 Å². The van der Waals surface area contributed by atoms with E-state index in [0.29, 0.717) is 28.0 Å². The van der Waals surface area contributed by atoms with Crippen LogP contribution in [-0.4, -0.2) is 70.8 Å². The lowest BCUT2D eigenvalue weighted by atomic mass is 10.0. The van der Waals surface area contributed by atoms with Gasteiger partial charge in [-0.2, -0.15) is 0 Å². The van der Waals surface area contributed by atoms with Gasteiger partial charge < -0.3 is 30.2 Å². The summed E-state index contributed by atoms with van der Waals surface area (Å²) in [5.74, 6) is 1.71. The molecule has 11 heteroatoms. The van der Waals surface area contributed by atoms with Gasteiger partial charge in [-0.25, -0.2) is 9.97 Å². The Kier molecular flexibility index (Phi) is 8.04. The van der Waals surface area contributed by atoms with Gasteiger partial charge in [0.1, 0.15) is 17.1 Å². The zero-order valence-corrected chi connectivity index (χ0v) is 22.6. The van der Waals surface area contributed by atoms with Crippen molar-refractivity contribution in [2.45, 2.75) is 25.4 Å². The Labute approximate surface area is 231 Å². The molecule has 1 saturated heterocycles. The number of hydrogen-bond donors (Lipinski definition) is 4. The fourth-order valence-electron chi connectivity index (χ4n) is 4.66. The number of phenolic OH excluding ortho intramolecular Hbond substituents is 1. The average Bonchev–Trinajstić information content (AvgIpc) is 3.40. The van der Waals surface area contributed by atoms with Gasteiger partial charge in [-0.05, 0) is 54.8 Å². The number of phenols is 1. The van der Waals surface area contributed by atoms with Gasteiger partial charge in [0.2, 0.25) is 0 Å². The van der Waals surface area contributed by atoms with Crippen LogP contribution in [-0.2, 0) is 11.3 Å². The monoisotopic (exact) mass is 550 g/mol. The predicted octanol–water partition coefficient (Wildman–Crippen LogP) is 4.19. The third-order valence-electron chi connectivity index (χ3n) is 6.84. The highest BCUT2D eigenvalue weighted by Crippen LogP contribution is 2.33. The number of methoxy groups -OCH3 is 1. The van der Waals surface area contributed by atoms with Gasteiger partial charge in [0.15, 0.2) is 23.8 Å². The Morgan fingerprint density at radius 3 is 2.69 bits per heavy atom. The number of aromatic hydroxyl groups is 1. The molecular weight excluding hydrogens is 520 g/mol. The molecule has 1 aliphatic rings. The van der Waals surface area contributed by atoms with Crippen LogP contribution in [0.15, 0.2) is 48.7 Å². The Morgan fingerprint density at radius 2 is 1.97 bits per heavy atom. The van der Waals surface area contributed by atoms with E-state index >= 15 is 0 Å². The largest absolute Gasteiger partial charge is 0.504 e. The SMILES string of the molecule is CNC(=O)COc1ccc(-c2nc3ncc(Cl)c(NC4CCN(Cc5ccc(O)c(OC)c5)CC4)c3[nH]2)cc1. The normalized spacial score (nSPS) is 14.3. The van der Waals surface area contributed by atoms with Crippen molar-refractivity contribution in [1.82, 2.24) is 25.2 Å². The number of aromatic amines is 1. The van der Waals surface area contributed by atoms with Crippen LogP contribution in [0.2, 0.25) is 5.02 Å². The summed E-state index contributed by atoms with van der Waals surface area (Å²) >= 11 is 6.58. The number of fused-ring (bicyclic) bond motifs is 1. The Morgan fingerprint density at radius 1 is 1.21 bits per heavy atom. The van der Waals surface area contributed by atoms with Crippen LogP contribution in [0.4, 0.5) is 5.69 Å². The van der Waals surface area contributed by atoms with Crippen molar-refractivity contribution in [2.24, 2.45) is 0 Å². The van der Waals surface area contributed by atoms with Crippen molar-refractivity contribution in [3.63, 3.8) is 0 Å². The number of pyridine rings is 1. The number of imidazole rings is 1. The van der Waals surface area contributed by atoms with Gasteiger partial charge in [0.05, 0.1) is 24.0 Å². The molecule has 0 spiro atoms. The molecule has 0 radical (unpaired) electrons. The van der Waals surface area contributed by atoms with E-state index in [9.17, 15) is 9.90 Å². The highest BCUT2D eigenvalue weighted by Gasteiger charge is 2.22. The summed E-state index contributed by atoms with van der Waals surface area (Å²) in [6.07, 6.45) is 3.53. The standard InChI is InChI=1S/C28H31ClN6O4/c1-30-24(37)16-39-20-6-4-18(5-7-20)27-33-26-25(21(29)14-31-28(26)34-27)32-19-9-11-35(12-10-19)15-17-3-8-22(36)23(13-17)38-2/h3-8,13-14,19,36H,9-12,15-16H2,1-2H3,(H,30,37)(H2,31,32,33,34). The molecule has 4 aromatic rings. The third kappa shape index (κ3) is 6.18. The molecule has 10 nitrogen and oxygen atoms in total. The summed E-state index contributed by atoms with van der Waals surface area (Å²) in [5.41, 5.74) is 4.10. The highest BCUT2D eigenvalue weighted by atomic mass is 35.5. The van der Waals surface area contributed by atoms with Gasteiger partial charge in [-0.3, -0.25) is 9.69 Å². The summed E-state index contributed by atoms with van der Waals surface area (Å²) in [6, 6.07) is 13.1. The van der Waals surface area contributed by atoms with Gasteiger partial charge in [-0.1, -0.05) is 17.7 Å². The number of carbonyl (C=O) groups is 1. The lowest BCUT2D eigenvalue weighted by Gasteiger charge is -2.33. The van der Waals surface area contributed by atoms with Gasteiger partial charge in [0, 0.05) is 38.3 Å². The topological polar surface area (TPSA) is 125 Å². The summed E-state index contributed by atoms with van der Waals surface area (Å²) in [4.78, 5) is 26.3. The lowest BCUT2D eigenvalue weighted by Crippen LogP contribution is -2.38. The van der Waals surface area contributed by atoms with E-state index in [1.807, 2.05) is 24.3 Å². The molecule has 1 aliphatic heterocycles. The van der Waals surface area contributed by atoms with Crippen molar-refractivity contribution >= 4 is 34.4 Å². The zero-order valence-electron chi connectivity index (χ0n) is 21.8. The lowest BCUT2D eigenvalue weighted by molar-refractivity contribution is -0.122. The second kappa shape index (κ2) is 11.8. The second-order valence-corrected chi connectivity index (χ2v) is 9.86. The molecule has 0 unspecified atom stereocenters. The number of hydrogen-bond acceptors (Lipinski definition) is 8. The van der Waals surface area contributed by atoms with Crippen molar-refractivity contribution in [2.75, 3.05) is 39.2 Å². The fraction of sp³-hybridized carbons (Fsp3) is 0.321. The Hall–Kier alpha value is -4.02. The molecule has 1 amide bonds. The first kappa shape index (κ1) is 26.6. The molecule has 0 aliphatic carbocycles. The average molecular weight is 551 g/mol. The Bertz CT molecular complexity index is 1450. The molecule has 3 heterocycles. The quantitative estimate of drug-likeness (QED) is 0.244. The van der Waals surface area contributed by atoms with E-state index in [1.165, 1.54) is 0 Å². The number of aromatic nitrogens is 3. The van der Waals surface area contributed by atoms with Crippen molar-refractivity contribution in [1.29, 1.82) is 0 Å². The number of amides is 1. The molecule has 39 heavy (non-hydrogen) atoms. The third-order valence-corrected chi connectivity index (χ3v) is 7.12. The smallest absolute Gasteiger partial charge is 0.257 e. The zero-order chi connectivity index (χ0) is 27.4. The van der Waals surface area contributed by atoms with Crippen LogP contribution in [0.5, 0.6) is 17.2 Å². The summed E-state index contributed by atoms with van der Waals surface area (Å²) in [7, 11) is 3.13. The number of likely N-dealkylation sites (N-methyl/N-ethyl adjacent to an activating group) is 1. The van der Waals surface area contributed by atoms with Crippen LogP contribution in [0.1, 0.15) is 18.4 Å². The van der Waals surface area contributed by atoms with E-state index in [0.717, 1.165) is 54.8 Å². The van der Waals surface area contributed by atoms with Gasteiger partial charge in [0.25, 0.3) is 5.91 Å². The number of H-pyrrole nitrogens is 1. The Balaban J connectivity index is 1.24. The van der Waals surface area contributed by atoms with E-state index in [-0.39, 0.29) is 24.3 Å². The van der Waals surface area contributed by atoms with Crippen molar-refractivity contribution in [3.8, 4) is 28.6 Å². The maximum atomic E-state index is 11.4. The molecule has 0 bridgehead atoms. The maximum Gasteiger partial charge on any atom is 0.257 e. The van der Waals surface area contributed by atoms with Crippen LogP contribution in [0.25, 0.3) is 22.6 Å². The molecule has 204 valence electrons. The fourth-order valence-corrected chi connectivity index (χ4v) is 4.86. The number of ether oxygens (including phenoxy) is 2. The number of nitrogens with zero attached hydrogens (tertiary/aromatic N) is 3. The van der Waals surface area contributed by atoms with Crippen LogP contribution < -0.4 is 20.1 Å². The van der Waals surface area contributed by atoms with Crippen LogP contribution in [0.3, 0.4) is 0 Å². The highest BCUT2D eigenvalue weighted by molar-refractivity contribution is 6.34. The summed E-state index contributed by atoms with van der Waals surface area (Å²) < 4.78 is 10.7. The minimum atomic E-state index is -0.192. The summed E-state index contributed by atoms with van der Waals surface area (Å²) in [6.45, 7) is 2.61. The van der Waals surface area contributed by atoms with E-state index in [1.54, 1.807) is 38.6 Å². The minimum Gasteiger partial charge on any atom is -0.504 e. The molecule has 2 aromatic carbocycles. The number of rotatable bonds is 9. The molecule has 2 aromatic heterocycles. The van der Waals surface area contributed by atoms with Crippen molar-refractivity contribution in [3.05, 3.63) is 59.2 Å². The van der Waals surface area contributed by atoms with Crippen LogP contribution in [0, 0.1) is 0 Å². The van der Waals surface area contributed by atoms with Crippen molar-refractivity contribution < 1.29 is 19.4 Å². The number of benzene rings is 2. The van der Waals surface area contributed by atoms with E-state index < -0.39 is 0 Å². The molecule has 0 saturated carbocycles. The maximum absolute atomic E-state index is 11.4.